The minimum Gasteiger partial charge on any atom is -0.462 e. The van der Waals surface area contributed by atoms with Gasteiger partial charge in [-0.1, -0.05) is 159 Å². The van der Waals surface area contributed by atoms with Crippen molar-refractivity contribution in [2.24, 2.45) is 5.73 Å². The van der Waals surface area contributed by atoms with Crippen LogP contribution in [-0.4, -0.2) is 49.3 Å². The lowest BCUT2D eigenvalue weighted by Crippen LogP contribution is -2.29. The highest BCUT2D eigenvalue weighted by Gasteiger charge is 2.26. The van der Waals surface area contributed by atoms with Gasteiger partial charge in [0.2, 0.25) is 0 Å². The fourth-order valence-electron chi connectivity index (χ4n) is 5.64. The standard InChI is InChI=1S/C42H78NO8P/c1-3-5-7-9-11-13-14-15-16-17-18-19-20-21-22-23-24-25-26-27-29-31-33-35-42(45)51-40(39-50-52(46,47)49-37-36-43)38-48-41(44)34-32-30-28-12-10-8-6-4-2/h14-15,17-18,20-21,40H,3-13,16,19,22-39,43H2,1-2H3,(H,46,47)/b15-14-,18-17-,21-20-. The van der Waals surface area contributed by atoms with Crippen molar-refractivity contribution >= 4 is 19.8 Å². The average Bonchev–Trinajstić information content (AvgIpc) is 3.13. The van der Waals surface area contributed by atoms with E-state index in [0.717, 1.165) is 57.8 Å². The lowest BCUT2D eigenvalue weighted by Gasteiger charge is -2.19. The lowest BCUT2D eigenvalue weighted by molar-refractivity contribution is -0.161. The maximum Gasteiger partial charge on any atom is 0.472 e. The van der Waals surface area contributed by atoms with E-state index in [1.54, 1.807) is 0 Å². The minimum absolute atomic E-state index is 0.0522. The molecule has 0 aliphatic heterocycles. The van der Waals surface area contributed by atoms with Crippen LogP contribution in [0, 0.1) is 0 Å². The monoisotopic (exact) mass is 756 g/mol. The number of unbranched alkanes of at least 4 members (excludes halogenated alkanes) is 20. The van der Waals surface area contributed by atoms with Crippen LogP contribution in [0.1, 0.15) is 187 Å². The van der Waals surface area contributed by atoms with Gasteiger partial charge < -0.3 is 20.1 Å². The molecule has 0 saturated heterocycles. The Morgan fingerprint density at radius 3 is 1.48 bits per heavy atom. The third kappa shape index (κ3) is 38.0. The molecule has 2 atom stereocenters. The molecule has 0 aromatic rings. The summed E-state index contributed by atoms with van der Waals surface area (Å²) in [6.45, 7) is 3.67. The highest BCUT2D eigenvalue weighted by atomic mass is 31.2. The van der Waals surface area contributed by atoms with Gasteiger partial charge in [0.1, 0.15) is 6.61 Å². The Kier molecular flexibility index (Phi) is 37.6. The van der Waals surface area contributed by atoms with E-state index in [1.165, 1.54) is 96.3 Å². The first-order valence-electron chi connectivity index (χ1n) is 21.0. The molecule has 0 saturated carbocycles. The molecule has 0 aliphatic carbocycles. The minimum atomic E-state index is -4.37. The van der Waals surface area contributed by atoms with Crippen LogP contribution in [-0.2, 0) is 32.7 Å². The zero-order valence-corrected chi connectivity index (χ0v) is 34.2. The Bertz CT molecular complexity index is 954. The molecule has 0 radical (unpaired) electrons. The number of phosphoric acid groups is 1. The van der Waals surface area contributed by atoms with Crippen molar-refractivity contribution in [3.63, 3.8) is 0 Å². The number of phosphoric ester groups is 1. The number of nitrogens with two attached hydrogens (primary N) is 1. The third-order valence-electron chi connectivity index (χ3n) is 8.78. The summed E-state index contributed by atoms with van der Waals surface area (Å²) >= 11 is 0. The van der Waals surface area contributed by atoms with Crippen molar-refractivity contribution in [1.82, 2.24) is 0 Å². The number of rotatable bonds is 39. The van der Waals surface area contributed by atoms with Crippen molar-refractivity contribution in [3.8, 4) is 0 Å². The summed E-state index contributed by atoms with van der Waals surface area (Å²) in [5, 5.41) is 0. The predicted molar refractivity (Wildman–Crippen MR) is 215 cm³/mol. The molecular formula is C42H78NO8P. The second kappa shape index (κ2) is 38.9. The predicted octanol–water partition coefficient (Wildman–Crippen LogP) is 11.8. The summed E-state index contributed by atoms with van der Waals surface area (Å²) in [5.74, 6) is -0.840. The highest BCUT2D eigenvalue weighted by Crippen LogP contribution is 2.43. The molecule has 9 nitrogen and oxygen atoms in total. The van der Waals surface area contributed by atoms with Crippen molar-refractivity contribution in [2.45, 2.75) is 193 Å². The Labute approximate surface area is 318 Å². The summed E-state index contributed by atoms with van der Waals surface area (Å²) in [7, 11) is -4.37. The molecule has 0 rings (SSSR count). The zero-order valence-electron chi connectivity index (χ0n) is 33.3. The Balaban J connectivity index is 4.07. The molecule has 52 heavy (non-hydrogen) atoms. The van der Waals surface area contributed by atoms with Gasteiger partial charge in [0.25, 0.3) is 0 Å². The first-order valence-corrected chi connectivity index (χ1v) is 22.5. The number of hydrogen-bond acceptors (Lipinski definition) is 8. The van der Waals surface area contributed by atoms with Crippen molar-refractivity contribution in [2.75, 3.05) is 26.4 Å². The van der Waals surface area contributed by atoms with Crippen molar-refractivity contribution in [1.29, 1.82) is 0 Å². The van der Waals surface area contributed by atoms with Crippen LogP contribution in [0.3, 0.4) is 0 Å². The molecule has 0 amide bonds. The van der Waals surface area contributed by atoms with E-state index in [-0.39, 0.29) is 38.6 Å². The maximum absolute atomic E-state index is 12.5. The van der Waals surface area contributed by atoms with E-state index in [4.69, 9.17) is 24.3 Å². The zero-order chi connectivity index (χ0) is 38.2. The van der Waals surface area contributed by atoms with E-state index in [1.807, 2.05) is 0 Å². The van der Waals surface area contributed by atoms with Gasteiger partial charge in [0.05, 0.1) is 13.2 Å². The van der Waals surface area contributed by atoms with E-state index < -0.39 is 26.5 Å². The molecule has 0 aromatic carbocycles. The molecule has 304 valence electrons. The first kappa shape index (κ1) is 50.2. The van der Waals surface area contributed by atoms with Crippen LogP contribution in [0.15, 0.2) is 36.5 Å². The van der Waals surface area contributed by atoms with E-state index in [2.05, 4.69) is 50.3 Å². The van der Waals surface area contributed by atoms with Crippen LogP contribution >= 0.6 is 7.82 Å². The quantitative estimate of drug-likeness (QED) is 0.0272. The number of hydrogen-bond donors (Lipinski definition) is 2. The van der Waals surface area contributed by atoms with Gasteiger partial charge in [-0.2, -0.15) is 0 Å². The summed E-state index contributed by atoms with van der Waals surface area (Å²) < 4.78 is 32.6. The highest BCUT2D eigenvalue weighted by molar-refractivity contribution is 7.47. The van der Waals surface area contributed by atoms with E-state index >= 15 is 0 Å². The second-order valence-electron chi connectivity index (χ2n) is 13.9. The van der Waals surface area contributed by atoms with Gasteiger partial charge >= 0.3 is 19.8 Å². The summed E-state index contributed by atoms with van der Waals surface area (Å²) in [6.07, 6.45) is 41.9. The van der Waals surface area contributed by atoms with Gasteiger partial charge in [-0.05, 0) is 51.4 Å². The fourth-order valence-corrected chi connectivity index (χ4v) is 6.41. The molecule has 0 aliphatic rings. The number of esters is 2. The molecule has 3 N–H and O–H groups in total. The Morgan fingerprint density at radius 1 is 0.577 bits per heavy atom. The molecule has 0 aromatic heterocycles. The van der Waals surface area contributed by atoms with Crippen LogP contribution in [0.4, 0.5) is 0 Å². The maximum atomic E-state index is 12.5. The van der Waals surface area contributed by atoms with Crippen molar-refractivity contribution in [3.05, 3.63) is 36.5 Å². The van der Waals surface area contributed by atoms with Gasteiger partial charge in [0, 0.05) is 19.4 Å². The Hall–Kier alpha value is -1.77. The van der Waals surface area contributed by atoms with Gasteiger partial charge in [-0.25, -0.2) is 4.57 Å². The van der Waals surface area contributed by atoms with Crippen LogP contribution < -0.4 is 5.73 Å². The number of ether oxygens (including phenoxy) is 2. The normalized spacial score (nSPS) is 13.7. The summed E-state index contributed by atoms with van der Waals surface area (Å²) in [6, 6.07) is 0. The number of allylic oxidation sites excluding steroid dienone is 6. The largest absolute Gasteiger partial charge is 0.472 e. The fraction of sp³-hybridized carbons (Fsp3) is 0.810. The molecule has 10 heteroatoms. The first-order chi connectivity index (χ1) is 25.3. The summed E-state index contributed by atoms with van der Waals surface area (Å²) in [5.41, 5.74) is 5.33. The van der Waals surface area contributed by atoms with E-state index in [0.29, 0.717) is 6.42 Å². The topological polar surface area (TPSA) is 134 Å². The van der Waals surface area contributed by atoms with Gasteiger partial charge in [-0.15, -0.1) is 0 Å². The molecule has 0 spiro atoms. The molecule has 0 heterocycles. The average molecular weight is 756 g/mol. The molecule has 0 fully saturated rings. The SMILES string of the molecule is CCCCCCC/C=C\C/C=C\C/C=C\CCCCCCCCCCC(=O)OC(COC(=O)CCCCCCCCCC)COP(=O)(O)OCCN. The molecule has 2 unspecified atom stereocenters. The Morgan fingerprint density at radius 2 is 1.00 bits per heavy atom. The smallest absolute Gasteiger partial charge is 0.462 e. The van der Waals surface area contributed by atoms with Crippen LogP contribution in [0.25, 0.3) is 0 Å². The number of carbonyl (C=O) groups excluding carboxylic acids is 2. The lowest BCUT2D eigenvalue weighted by atomic mass is 10.1. The molecular weight excluding hydrogens is 677 g/mol. The third-order valence-corrected chi connectivity index (χ3v) is 9.76. The second-order valence-corrected chi connectivity index (χ2v) is 15.3. The molecule has 0 bridgehead atoms. The van der Waals surface area contributed by atoms with Gasteiger partial charge in [0.15, 0.2) is 6.10 Å². The van der Waals surface area contributed by atoms with Gasteiger partial charge in [-0.3, -0.25) is 18.6 Å². The van der Waals surface area contributed by atoms with Crippen LogP contribution in [0.5, 0.6) is 0 Å². The number of carbonyl (C=O) groups is 2. The van der Waals surface area contributed by atoms with Crippen molar-refractivity contribution < 1.29 is 37.6 Å². The van der Waals surface area contributed by atoms with E-state index in [9.17, 15) is 19.0 Å². The van der Waals surface area contributed by atoms with Crippen LogP contribution in [0.2, 0.25) is 0 Å². The summed E-state index contributed by atoms with van der Waals surface area (Å²) in [4.78, 5) is 34.7.